The Morgan fingerprint density at radius 2 is 1.85 bits per heavy atom. The number of amides is 2. The zero-order valence-electron chi connectivity index (χ0n) is 20.3. The topological polar surface area (TPSA) is 92.8 Å². The second-order valence-corrected chi connectivity index (χ2v) is 10.5. The van der Waals surface area contributed by atoms with E-state index >= 15 is 0 Å². The second-order valence-electron chi connectivity index (χ2n) is 9.41. The Balaban J connectivity index is 2.10. The van der Waals surface area contributed by atoms with Crippen LogP contribution in [0.1, 0.15) is 59.4 Å². The number of thioether (sulfide) groups is 1. The number of rotatable bonds is 9. The first kappa shape index (κ1) is 26.9. The molecule has 1 aliphatic heterocycles. The standard InChI is InChI=1S/C25H36N2O5S/c1-6-21(28)33-16-17(2)23(30)27-14-10-13-20(27)22(29)26-19(24(31)32-25(3,4)5)15-18-11-8-7-9-12-18/h7-9,11-12,17,19-20H,6,10,13-16H2,1-5H3,(H,26,29)/t17?,19-,20-/m0/s1. The average Bonchev–Trinajstić information content (AvgIpc) is 3.25. The number of nitrogens with zero attached hydrogens (tertiary/aromatic N) is 1. The van der Waals surface area contributed by atoms with E-state index in [-0.39, 0.29) is 22.8 Å². The summed E-state index contributed by atoms with van der Waals surface area (Å²) in [6.45, 7) is 9.41. The van der Waals surface area contributed by atoms with E-state index in [1.165, 1.54) is 0 Å². The lowest BCUT2D eigenvalue weighted by molar-refractivity contribution is -0.159. The molecule has 0 bridgehead atoms. The number of hydrogen-bond acceptors (Lipinski definition) is 6. The third-order valence-corrected chi connectivity index (χ3v) is 6.61. The third-order valence-electron chi connectivity index (χ3n) is 5.33. The number of ether oxygens (including phenoxy) is 1. The molecule has 0 aromatic heterocycles. The Hall–Kier alpha value is -2.35. The highest BCUT2D eigenvalue weighted by molar-refractivity contribution is 8.13. The molecule has 1 aliphatic rings. The van der Waals surface area contributed by atoms with Crippen LogP contribution in [0, 0.1) is 5.92 Å². The minimum Gasteiger partial charge on any atom is -0.458 e. The van der Waals surface area contributed by atoms with Crippen molar-refractivity contribution in [1.29, 1.82) is 0 Å². The van der Waals surface area contributed by atoms with Crippen molar-refractivity contribution in [2.75, 3.05) is 12.3 Å². The molecule has 1 saturated heterocycles. The van der Waals surface area contributed by atoms with Gasteiger partial charge in [0, 0.05) is 31.1 Å². The van der Waals surface area contributed by atoms with Crippen LogP contribution in [0.15, 0.2) is 30.3 Å². The largest absolute Gasteiger partial charge is 0.458 e. The summed E-state index contributed by atoms with van der Waals surface area (Å²) in [6, 6.07) is 7.95. The highest BCUT2D eigenvalue weighted by Crippen LogP contribution is 2.23. The van der Waals surface area contributed by atoms with Crippen molar-refractivity contribution in [3.63, 3.8) is 0 Å². The van der Waals surface area contributed by atoms with Crippen LogP contribution in [-0.2, 0) is 30.3 Å². The summed E-state index contributed by atoms with van der Waals surface area (Å²) in [5, 5.41) is 2.89. The van der Waals surface area contributed by atoms with Gasteiger partial charge in [-0.05, 0) is 39.2 Å². The summed E-state index contributed by atoms with van der Waals surface area (Å²) in [5.41, 5.74) is 0.217. The van der Waals surface area contributed by atoms with E-state index < -0.39 is 23.7 Å². The lowest BCUT2D eigenvalue weighted by Crippen LogP contribution is -2.53. The van der Waals surface area contributed by atoms with Gasteiger partial charge in [0.25, 0.3) is 0 Å². The van der Waals surface area contributed by atoms with Gasteiger partial charge in [-0.1, -0.05) is 55.9 Å². The normalized spacial score (nSPS) is 17.8. The molecule has 0 radical (unpaired) electrons. The van der Waals surface area contributed by atoms with E-state index in [0.29, 0.717) is 38.0 Å². The maximum absolute atomic E-state index is 13.2. The summed E-state index contributed by atoms with van der Waals surface area (Å²) in [6.07, 6.45) is 1.98. The van der Waals surface area contributed by atoms with E-state index in [1.54, 1.807) is 39.5 Å². The van der Waals surface area contributed by atoms with Crippen LogP contribution in [0.4, 0.5) is 0 Å². The van der Waals surface area contributed by atoms with Gasteiger partial charge in [-0.25, -0.2) is 4.79 Å². The smallest absolute Gasteiger partial charge is 0.329 e. The summed E-state index contributed by atoms with van der Waals surface area (Å²) in [7, 11) is 0. The van der Waals surface area contributed by atoms with Gasteiger partial charge in [0.2, 0.25) is 11.8 Å². The molecule has 1 fully saturated rings. The molecule has 1 aromatic carbocycles. The predicted octanol–water partition coefficient (Wildman–Crippen LogP) is 3.35. The van der Waals surface area contributed by atoms with E-state index in [1.807, 2.05) is 30.3 Å². The van der Waals surface area contributed by atoms with Crippen LogP contribution >= 0.6 is 11.8 Å². The van der Waals surface area contributed by atoms with Crippen LogP contribution < -0.4 is 5.32 Å². The van der Waals surface area contributed by atoms with Crippen molar-refractivity contribution in [2.24, 2.45) is 5.92 Å². The zero-order chi connectivity index (χ0) is 24.6. The minimum absolute atomic E-state index is 0.0477. The molecule has 182 valence electrons. The van der Waals surface area contributed by atoms with Gasteiger partial charge in [-0.2, -0.15) is 0 Å². The lowest BCUT2D eigenvalue weighted by Gasteiger charge is -2.29. The maximum atomic E-state index is 13.2. The van der Waals surface area contributed by atoms with Crippen LogP contribution in [0.2, 0.25) is 0 Å². The fourth-order valence-electron chi connectivity index (χ4n) is 3.66. The van der Waals surface area contributed by atoms with Gasteiger partial charge in [0.05, 0.1) is 0 Å². The van der Waals surface area contributed by atoms with Crippen LogP contribution in [-0.4, -0.2) is 57.8 Å². The Labute approximate surface area is 201 Å². The molecule has 7 nitrogen and oxygen atoms in total. The van der Waals surface area contributed by atoms with Crippen molar-refractivity contribution < 1.29 is 23.9 Å². The van der Waals surface area contributed by atoms with Crippen LogP contribution in [0.3, 0.4) is 0 Å². The first-order chi connectivity index (χ1) is 15.5. The Kier molecular flexibility index (Phi) is 9.95. The molecule has 1 aromatic rings. The van der Waals surface area contributed by atoms with Gasteiger partial charge in [0.15, 0.2) is 5.12 Å². The number of esters is 1. The van der Waals surface area contributed by atoms with E-state index in [2.05, 4.69) is 5.32 Å². The highest BCUT2D eigenvalue weighted by Gasteiger charge is 2.38. The molecule has 2 amide bonds. The summed E-state index contributed by atoms with van der Waals surface area (Å²) in [5.74, 6) is -0.966. The molecule has 1 unspecified atom stereocenters. The molecule has 1 N–H and O–H groups in total. The molecular weight excluding hydrogens is 440 g/mol. The zero-order valence-corrected chi connectivity index (χ0v) is 21.1. The quantitative estimate of drug-likeness (QED) is 0.550. The number of benzene rings is 1. The van der Waals surface area contributed by atoms with E-state index in [4.69, 9.17) is 4.74 Å². The number of carbonyl (C=O) groups is 4. The van der Waals surface area contributed by atoms with Crippen molar-refractivity contribution in [3.8, 4) is 0 Å². The van der Waals surface area contributed by atoms with Crippen molar-refractivity contribution in [2.45, 2.75) is 78.0 Å². The predicted molar refractivity (Wildman–Crippen MR) is 130 cm³/mol. The van der Waals surface area contributed by atoms with Gasteiger partial charge in [-0.15, -0.1) is 0 Å². The first-order valence-electron chi connectivity index (χ1n) is 11.5. The third kappa shape index (κ3) is 8.50. The summed E-state index contributed by atoms with van der Waals surface area (Å²) >= 11 is 1.15. The fourth-order valence-corrected chi connectivity index (χ4v) is 4.44. The molecular formula is C25H36N2O5S. The Morgan fingerprint density at radius 1 is 1.18 bits per heavy atom. The number of likely N-dealkylation sites (tertiary alicyclic amines) is 1. The molecule has 0 aliphatic carbocycles. The molecule has 8 heteroatoms. The lowest BCUT2D eigenvalue weighted by atomic mass is 10.0. The number of nitrogens with one attached hydrogen (secondary N) is 1. The van der Waals surface area contributed by atoms with Crippen molar-refractivity contribution >= 4 is 34.7 Å². The fraction of sp³-hybridized carbons (Fsp3) is 0.600. The Morgan fingerprint density at radius 3 is 2.45 bits per heavy atom. The number of hydrogen-bond donors (Lipinski definition) is 1. The van der Waals surface area contributed by atoms with Gasteiger partial charge >= 0.3 is 5.97 Å². The second kappa shape index (κ2) is 12.2. The van der Waals surface area contributed by atoms with Gasteiger partial charge in [-0.3, -0.25) is 14.4 Å². The minimum atomic E-state index is -0.855. The van der Waals surface area contributed by atoms with Crippen molar-refractivity contribution in [1.82, 2.24) is 10.2 Å². The Bertz CT molecular complexity index is 837. The molecule has 33 heavy (non-hydrogen) atoms. The molecule has 2 rings (SSSR count). The van der Waals surface area contributed by atoms with Crippen molar-refractivity contribution in [3.05, 3.63) is 35.9 Å². The van der Waals surface area contributed by atoms with E-state index in [0.717, 1.165) is 17.3 Å². The molecule has 3 atom stereocenters. The highest BCUT2D eigenvalue weighted by atomic mass is 32.2. The number of carbonyl (C=O) groups excluding carboxylic acids is 4. The monoisotopic (exact) mass is 476 g/mol. The molecule has 0 spiro atoms. The van der Waals surface area contributed by atoms with E-state index in [9.17, 15) is 19.2 Å². The maximum Gasteiger partial charge on any atom is 0.329 e. The van der Waals surface area contributed by atoms with Gasteiger partial charge in [0.1, 0.15) is 17.7 Å². The first-order valence-corrected chi connectivity index (χ1v) is 12.5. The average molecular weight is 477 g/mol. The van der Waals surface area contributed by atoms with Gasteiger partial charge < -0.3 is 15.0 Å². The summed E-state index contributed by atoms with van der Waals surface area (Å²) < 4.78 is 5.54. The SMILES string of the molecule is CCC(=O)SCC(C)C(=O)N1CCC[C@H]1C(=O)N[C@@H](Cc1ccccc1)C(=O)OC(C)(C)C. The molecule has 0 saturated carbocycles. The van der Waals surface area contributed by atoms with Crippen LogP contribution in [0.25, 0.3) is 0 Å². The molecule has 1 heterocycles. The van der Waals surface area contributed by atoms with Crippen LogP contribution in [0.5, 0.6) is 0 Å². The summed E-state index contributed by atoms with van der Waals surface area (Å²) in [4.78, 5) is 52.2.